The van der Waals surface area contributed by atoms with E-state index in [1.165, 1.54) is 13.1 Å². The molecule has 114 valence electrons. The van der Waals surface area contributed by atoms with Crippen molar-refractivity contribution in [1.82, 2.24) is 14.1 Å². The Labute approximate surface area is 122 Å². The van der Waals surface area contributed by atoms with E-state index in [9.17, 15) is 12.8 Å². The summed E-state index contributed by atoms with van der Waals surface area (Å²) in [5.74, 6) is -0.875. The normalized spacial score (nSPS) is 12.0. The SMILES string of the molecule is CN(Cc1cnn(C)c1)S(=O)(=O)c1ccc(CO)cc1F. The minimum Gasteiger partial charge on any atom is -0.392 e. The predicted molar refractivity (Wildman–Crippen MR) is 74.2 cm³/mol. The smallest absolute Gasteiger partial charge is 0.246 e. The second-order valence-electron chi connectivity index (χ2n) is 4.71. The summed E-state index contributed by atoms with van der Waals surface area (Å²) in [6.45, 7) is -0.250. The Balaban J connectivity index is 2.28. The largest absolute Gasteiger partial charge is 0.392 e. The van der Waals surface area contributed by atoms with Gasteiger partial charge in [0.25, 0.3) is 0 Å². The number of hydrogen-bond acceptors (Lipinski definition) is 4. The van der Waals surface area contributed by atoms with E-state index in [1.807, 2.05) is 0 Å². The van der Waals surface area contributed by atoms with Crippen molar-refractivity contribution < 1.29 is 17.9 Å². The van der Waals surface area contributed by atoms with Gasteiger partial charge >= 0.3 is 0 Å². The van der Waals surface area contributed by atoms with Gasteiger partial charge < -0.3 is 5.11 Å². The summed E-state index contributed by atoms with van der Waals surface area (Å²) in [5.41, 5.74) is 1.03. The molecule has 0 aliphatic rings. The number of aliphatic hydroxyl groups is 1. The van der Waals surface area contributed by atoms with Crippen LogP contribution in [0, 0.1) is 5.82 Å². The number of nitrogens with zero attached hydrogens (tertiary/aromatic N) is 3. The number of halogens is 1. The first kappa shape index (κ1) is 15.6. The Hall–Kier alpha value is -1.77. The van der Waals surface area contributed by atoms with Crippen LogP contribution in [-0.2, 0) is 30.2 Å². The Morgan fingerprint density at radius 1 is 1.38 bits per heavy atom. The number of rotatable bonds is 5. The number of aliphatic hydroxyl groups excluding tert-OH is 1. The van der Waals surface area contributed by atoms with Crippen molar-refractivity contribution in [2.45, 2.75) is 18.0 Å². The van der Waals surface area contributed by atoms with Crippen LogP contribution in [0.2, 0.25) is 0 Å². The lowest BCUT2D eigenvalue weighted by molar-refractivity contribution is 0.281. The van der Waals surface area contributed by atoms with Crippen LogP contribution < -0.4 is 0 Å². The molecule has 21 heavy (non-hydrogen) atoms. The van der Waals surface area contributed by atoms with Crippen LogP contribution in [0.3, 0.4) is 0 Å². The third-order valence-electron chi connectivity index (χ3n) is 3.03. The summed E-state index contributed by atoms with van der Waals surface area (Å²) >= 11 is 0. The molecule has 8 heteroatoms. The maximum absolute atomic E-state index is 13.9. The van der Waals surface area contributed by atoms with E-state index in [0.717, 1.165) is 16.4 Å². The predicted octanol–water partition coefficient (Wildman–Crippen LogP) is 0.872. The molecule has 2 aromatic rings. The summed E-state index contributed by atoms with van der Waals surface area (Å²) in [6, 6.07) is 3.56. The maximum Gasteiger partial charge on any atom is 0.246 e. The molecule has 2 rings (SSSR count). The zero-order chi connectivity index (χ0) is 15.6. The second-order valence-corrected chi connectivity index (χ2v) is 6.72. The molecule has 1 N–H and O–H groups in total. The molecule has 1 aromatic carbocycles. The number of sulfonamides is 1. The first-order valence-electron chi connectivity index (χ1n) is 6.17. The van der Waals surface area contributed by atoms with E-state index in [2.05, 4.69) is 5.10 Å². The average Bonchev–Trinajstić information content (AvgIpc) is 2.83. The molecule has 0 bridgehead atoms. The minimum atomic E-state index is -3.94. The summed E-state index contributed by atoms with van der Waals surface area (Å²) < 4.78 is 41.2. The monoisotopic (exact) mass is 313 g/mol. The van der Waals surface area contributed by atoms with Crippen LogP contribution in [0.4, 0.5) is 4.39 Å². The lowest BCUT2D eigenvalue weighted by Gasteiger charge is -2.17. The Bertz CT molecular complexity index is 743. The van der Waals surface area contributed by atoms with Gasteiger partial charge in [-0.2, -0.15) is 9.40 Å². The summed E-state index contributed by atoms with van der Waals surface area (Å²) in [7, 11) is -0.840. The lowest BCUT2D eigenvalue weighted by atomic mass is 10.2. The highest BCUT2D eigenvalue weighted by Crippen LogP contribution is 2.21. The highest BCUT2D eigenvalue weighted by molar-refractivity contribution is 7.89. The van der Waals surface area contributed by atoms with Crippen LogP contribution in [-0.4, -0.2) is 34.7 Å². The molecule has 0 atom stereocenters. The molecule has 0 spiro atoms. The van der Waals surface area contributed by atoms with Gasteiger partial charge in [-0.15, -0.1) is 0 Å². The van der Waals surface area contributed by atoms with Gasteiger partial charge in [0.05, 0.1) is 12.8 Å². The van der Waals surface area contributed by atoms with E-state index >= 15 is 0 Å². The van der Waals surface area contributed by atoms with Crippen LogP contribution in [0.1, 0.15) is 11.1 Å². The molecular formula is C13H16FN3O3S. The zero-order valence-corrected chi connectivity index (χ0v) is 12.5. The van der Waals surface area contributed by atoms with Gasteiger partial charge in [0, 0.05) is 32.4 Å². The van der Waals surface area contributed by atoms with E-state index in [0.29, 0.717) is 11.1 Å². The molecule has 0 saturated carbocycles. The summed E-state index contributed by atoms with van der Waals surface area (Å²) in [6.07, 6.45) is 3.24. The van der Waals surface area contributed by atoms with Crippen molar-refractivity contribution >= 4 is 10.0 Å². The van der Waals surface area contributed by atoms with Crippen molar-refractivity contribution in [3.63, 3.8) is 0 Å². The lowest BCUT2D eigenvalue weighted by Crippen LogP contribution is -2.27. The van der Waals surface area contributed by atoms with Crippen molar-refractivity contribution in [2.24, 2.45) is 7.05 Å². The number of aryl methyl sites for hydroxylation is 1. The Morgan fingerprint density at radius 2 is 2.10 bits per heavy atom. The fraction of sp³-hybridized carbons (Fsp3) is 0.308. The molecular weight excluding hydrogens is 297 g/mol. The van der Waals surface area contributed by atoms with Crippen molar-refractivity contribution in [3.05, 3.63) is 47.5 Å². The fourth-order valence-electron chi connectivity index (χ4n) is 1.92. The standard InChI is InChI=1S/C13H16FN3O3S/c1-16-7-11(6-15-16)8-17(2)21(19,20)13-4-3-10(9-18)5-12(13)14/h3-7,18H,8-9H2,1-2H3. The highest BCUT2D eigenvalue weighted by Gasteiger charge is 2.25. The number of aromatic nitrogens is 2. The number of hydrogen-bond donors (Lipinski definition) is 1. The molecule has 1 aromatic heterocycles. The minimum absolute atomic E-state index is 0.0946. The molecule has 0 saturated heterocycles. The van der Waals surface area contributed by atoms with Gasteiger partial charge in [0.2, 0.25) is 10.0 Å². The third-order valence-corrected chi connectivity index (χ3v) is 4.87. The van der Waals surface area contributed by atoms with Crippen molar-refractivity contribution in [3.8, 4) is 0 Å². The van der Waals surface area contributed by atoms with E-state index < -0.39 is 20.7 Å². The molecule has 0 aliphatic carbocycles. The van der Waals surface area contributed by atoms with Crippen LogP contribution in [0.25, 0.3) is 0 Å². The van der Waals surface area contributed by atoms with Gasteiger partial charge in [-0.05, 0) is 17.7 Å². The third kappa shape index (κ3) is 3.29. The quantitative estimate of drug-likeness (QED) is 0.889. The topological polar surface area (TPSA) is 75.4 Å². The molecule has 0 fully saturated rings. The number of benzene rings is 1. The molecule has 6 nitrogen and oxygen atoms in total. The second kappa shape index (κ2) is 5.92. The Morgan fingerprint density at radius 3 is 2.62 bits per heavy atom. The summed E-state index contributed by atoms with van der Waals surface area (Å²) in [5, 5.41) is 12.9. The van der Waals surface area contributed by atoms with Gasteiger partial charge in [-0.25, -0.2) is 12.8 Å². The molecule has 1 heterocycles. The van der Waals surface area contributed by atoms with Crippen molar-refractivity contribution in [2.75, 3.05) is 7.05 Å². The fourth-order valence-corrected chi connectivity index (χ4v) is 3.12. The van der Waals surface area contributed by atoms with E-state index in [4.69, 9.17) is 5.11 Å². The first-order valence-corrected chi connectivity index (χ1v) is 7.61. The van der Waals surface area contributed by atoms with Gasteiger partial charge in [-0.3, -0.25) is 4.68 Å². The van der Waals surface area contributed by atoms with Gasteiger partial charge in [0.15, 0.2) is 0 Å². The zero-order valence-electron chi connectivity index (χ0n) is 11.7. The van der Waals surface area contributed by atoms with Crippen LogP contribution in [0.15, 0.2) is 35.5 Å². The Kier molecular flexibility index (Phi) is 4.40. The summed E-state index contributed by atoms with van der Waals surface area (Å²) in [4.78, 5) is -0.411. The van der Waals surface area contributed by atoms with Crippen LogP contribution in [0.5, 0.6) is 0 Å². The average molecular weight is 313 g/mol. The van der Waals surface area contributed by atoms with Crippen molar-refractivity contribution in [1.29, 1.82) is 0 Å². The van der Waals surface area contributed by atoms with Crippen LogP contribution >= 0.6 is 0 Å². The molecule has 0 aliphatic heterocycles. The van der Waals surface area contributed by atoms with E-state index in [1.54, 1.807) is 24.1 Å². The highest BCUT2D eigenvalue weighted by atomic mass is 32.2. The molecule has 0 unspecified atom stereocenters. The molecule has 0 radical (unpaired) electrons. The van der Waals surface area contributed by atoms with Gasteiger partial charge in [-0.1, -0.05) is 6.07 Å². The maximum atomic E-state index is 13.9. The molecule has 0 amide bonds. The van der Waals surface area contributed by atoms with Gasteiger partial charge in [0.1, 0.15) is 10.7 Å². The first-order chi connectivity index (χ1) is 9.84. The van der Waals surface area contributed by atoms with E-state index in [-0.39, 0.29) is 13.2 Å².